The number of nitrogens with zero attached hydrogens (tertiary/aromatic N) is 2. The third kappa shape index (κ3) is 3.74. The minimum absolute atomic E-state index is 0.0623. The van der Waals surface area contributed by atoms with Crippen molar-refractivity contribution in [1.29, 1.82) is 0 Å². The molecule has 0 aliphatic heterocycles. The van der Waals surface area contributed by atoms with Gasteiger partial charge in [-0.05, 0) is 31.2 Å². The fourth-order valence-electron chi connectivity index (χ4n) is 2.25. The minimum atomic E-state index is -1.68. The highest BCUT2D eigenvalue weighted by Crippen LogP contribution is 2.18. The Labute approximate surface area is 146 Å². The fraction of sp³-hybridized carbons (Fsp3) is 0.167. The van der Waals surface area contributed by atoms with E-state index in [0.717, 1.165) is 17.2 Å². The van der Waals surface area contributed by atoms with Crippen LogP contribution in [0.4, 0.5) is 13.2 Å². The van der Waals surface area contributed by atoms with Crippen LogP contribution in [0.25, 0.3) is 11.5 Å². The highest BCUT2D eigenvalue weighted by molar-refractivity contribution is 5.94. The molecule has 0 spiro atoms. The number of carbonyl (C=O) groups excluding carboxylic acids is 1. The average Bonchev–Trinajstić information content (AvgIpc) is 3.09. The van der Waals surface area contributed by atoms with Gasteiger partial charge in [0.1, 0.15) is 0 Å². The fourth-order valence-corrected chi connectivity index (χ4v) is 2.25. The van der Waals surface area contributed by atoms with Gasteiger partial charge in [-0.25, -0.2) is 13.2 Å². The van der Waals surface area contributed by atoms with Crippen LogP contribution in [0.1, 0.15) is 21.8 Å². The summed E-state index contributed by atoms with van der Waals surface area (Å²) in [5.74, 6) is -4.79. The number of hydrogen-bond acceptors (Lipinski definition) is 4. The van der Waals surface area contributed by atoms with Crippen LogP contribution in [0, 0.1) is 24.4 Å². The SMILES string of the molecule is Cc1ccc(-c2nnc(CCNC(=O)c3ccc(F)c(F)c3F)o2)cc1. The van der Waals surface area contributed by atoms with E-state index in [1.807, 2.05) is 31.2 Å². The molecule has 8 heteroatoms. The van der Waals surface area contributed by atoms with Gasteiger partial charge in [0.05, 0.1) is 5.56 Å². The second-order valence-electron chi connectivity index (χ2n) is 5.60. The summed E-state index contributed by atoms with van der Waals surface area (Å²) in [6.07, 6.45) is 0.204. The zero-order valence-electron chi connectivity index (χ0n) is 13.7. The van der Waals surface area contributed by atoms with E-state index in [1.54, 1.807) is 0 Å². The summed E-state index contributed by atoms with van der Waals surface area (Å²) in [7, 11) is 0. The first kappa shape index (κ1) is 17.7. The van der Waals surface area contributed by atoms with Crippen LogP contribution in [-0.4, -0.2) is 22.6 Å². The largest absolute Gasteiger partial charge is 0.421 e. The van der Waals surface area contributed by atoms with Crippen molar-refractivity contribution < 1.29 is 22.4 Å². The average molecular weight is 361 g/mol. The number of rotatable bonds is 5. The third-order valence-electron chi connectivity index (χ3n) is 3.67. The number of hydrogen-bond donors (Lipinski definition) is 1. The zero-order chi connectivity index (χ0) is 18.7. The molecular formula is C18H14F3N3O2. The first-order valence-corrected chi connectivity index (χ1v) is 7.77. The summed E-state index contributed by atoms with van der Waals surface area (Å²) >= 11 is 0. The van der Waals surface area contributed by atoms with E-state index in [-0.39, 0.29) is 18.9 Å². The topological polar surface area (TPSA) is 68.0 Å². The summed E-state index contributed by atoms with van der Waals surface area (Å²) in [6, 6.07) is 9.09. The molecule has 1 heterocycles. The van der Waals surface area contributed by atoms with Crippen molar-refractivity contribution in [2.45, 2.75) is 13.3 Å². The normalized spacial score (nSPS) is 10.8. The van der Waals surface area contributed by atoms with Crippen LogP contribution in [0.5, 0.6) is 0 Å². The molecule has 3 rings (SSSR count). The van der Waals surface area contributed by atoms with E-state index in [1.165, 1.54) is 0 Å². The Morgan fingerprint density at radius 2 is 1.77 bits per heavy atom. The molecule has 3 aromatic rings. The Bertz CT molecular complexity index is 939. The van der Waals surface area contributed by atoms with Crippen molar-refractivity contribution in [2.24, 2.45) is 0 Å². The molecule has 5 nitrogen and oxygen atoms in total. The van der Waals surface area contributed by atoms with Gasteiger partial charge in [0, 0.05) is 18.5 Å². The number of amides is 1. The molecule has 0 atom stereocenters. The van der Waals surface area contributed by atoms with Gasteiger partial charge < -0.3 is 9.73 Å². The molecule has 0 saturated heterocycles. The molecule has 1 amide bonds. The summed E-state index contributed by atoms with van der Waals surface area (Å²) in [5, 5.41) is 10.2. The molecule has 0 fully saturated rings. The molecule has 0 radical (unpaired) electrons. The first-order valence-electron chi connectivity index (χ1n) is 7.77. The Kier molecular flexibility index (Phi) is 5.01. The van der Waals surface area contributed by atoms with Crippen LogP contribution in [0.15, 0.2) is 40.8 Å². The monoisotopic (exact) mass is 361 g/mol. The lowest BCUT2D eigenvalue weighted by Crippen LogP contribution is -2.27. The zero-order valence-corrected chi connectivity index (χ0v) is 13.7. The molecule has 1 N–H and O–H groups in total. The van der Waals surface area contributed by atoms with E-state index in [2.05, 4.69) is 15.5 Å². The van der Waals surface area contributed by atoms with E-state index in [4.69, 9.17) is 4.42 Å². The van der Waals surface area contributed by atoms with Crippen molar-refractivity contribution in [3.05, 3.63) is 70.9 Å². The maximum Gasteiger partial charge on any atom is 0.254 e. The van der Waals surface area contributed by atoms with Crippen LogP contribution < -0.4 is 5.32 Å². The molecule has 0 aliphatic rings. The van der Waals surface area contributed by atoms with Crippen LogP contribution in [0.3, 0.4) is 0 Å². The van der Waals surface area contributed by atoms with E-state index < -0.39 is 28.9 Å². The molecule has 0 unspecified atom stereocenters. The van der Waals surface area contributed by atoms with Crippen LogP contribution in [-0.2, 0) is 6.42 Å². The van der Waals surface area contributed by atoms with Crippen molar-refractivity contribution >= 4 is 5.91 Å². The smallest absolute Gasteiger partial charge is 0.254 e. The molecule has 0 saturated carbocycles. The maximum absolute atomic E-state index is 13.6. The molecule has 0 bridgehead atoms. The standard InChI is InChI=1S/C18H14F3N3O2/c1-10-2-4-11(5-3-10)18-24-23-14(26-18)8-9-22-17(25)12-6-7-13(19)16(21)15(12)20/h2-7H,8-9H2,1H3,(H,22,25). The van der Waals surface area contributed by atoms with Crippen LogP contribution >= 0.6 is 0 Å². The second kappa shape index (κ2) is 7.38. The lowest BCUT2D eigenvalue weighted by atomic mass is 10.1. The summed E-state index contributed by atoms with van der Waals surface area (Å²) in [6.45, 7) is 2.02. The van der Waals surface area contributed by atoms with Gasteiger partial charge in [-0.1, -0.05) is 17.7 Å². The predicted molar refractivity (Wildman–Crippen MR) is 86.8 cm³/mol. The van der Waals surface area contributed by atoms with Gasteiger partial charge >= 0.3 is 0 Å². The van der Waals surface area contributed by atoms with Crippen molar-refractivity contribution in [1.82, 2.24) is 15.5 Å². The number of nitrogens with one attached hydrogen (secondary N) is 1. The van der Waals surface area contributed by atoms with Gasteiger partial charge in [0.2, 0.25) is 11.8 Å². The molecule has 0 aliphatic carbocycles. The Balaban J connectivity index is 1.59. The number of benzene rings is 2. The quantitative estimate of drug-likeness (QED) is 0.707. The van der Waals surface area contributed by atoms with E-state index >= 15 is 0 Å². The van der Waals surface area contributed by atoms with Gasteiger partial charge in [-0.3, -0.25) is 4.79 Å². The lowest BCUT2D eigenvalue weighted by molar-refractivity contribution is 0.0948. The molecule has 2 aromatic carbocycles. The highest BCUT2D eigenvalue weighted by atomic mass is 19.2. The first-order chi connectivity index (χ1) is 12.5. The maximum atomic E-state index is 13.6. The highest BCUT2D eigenvalue weighted by Gasteiger charge is 2.18. The Hall–Kier alpha value is -3.16. The number of aryl methyl sites for hydroxylation is 1. The Morgan fingerprint density at radius 1 is 1.04 bits per heavy atom. The van der Waals surface area contributed by atoms with Crippen LogP contribution in [0.2, 0.25) is 0 Å². The number of carbonyl (C=O) groups is 1. The van der Waals surface area contributed by atoms with Gasteiger partial charge in [0.15, 0.2) is 17.5 Å². The lowest BCUT2D eigenvalue weighted by Gasteiger charge is -2.05. The van der Waals surface area contributed by atoms with Gasteiger partial charge in [0.25, 0.3) is 5.91 Å². The minimum Gasteiger partial charge on any atom is -0.421 e. The van der Waals surface area contributed by atoms with E-state index in [9.17, 15) is 18.0 Å². The van der Waals surface area contributed by atoms with E-state index in [0.29, 0.717) is 12.0 Å². The molecular weight excluding hydrogens is 347 g/mol. The number of halogens is 3. The van der Waals surface area contributed by atoms with Gasteiger partial charge in [-0.15, -0.1) is 10.2 Å². The third-order valence-corrected chi connectivity index (χ3v) is 3.67. The summed E-state index contributed by atoms with van der Waals surface area (Å²) in [4.78, 5) is 11.9. The molecule has 1 aromatic heterocycles. The predicted octanol–water partition coefficient (Wildman–Crippen LogP) is 3.43. The number of aromatic nitrogens is 2. The van der Waals surface area contributed by atoms with Gasteiger partial charge in [-0.2, -0.15) is 0 Å². The molecule has 26 heavy (non-hydrogen) atoms. The van der Waals surface area contributed by atoms with Crippen molar-refractivity contribution in [3.63, 3.8) is 0 Å². The van der Waals surface area contributed by atoms with Crippen molar-refractivity contribution in [3.8, 4) is 11.5 Å². The Morgan fingerprint density at radius 3 is 2.50 bits per heavy atom. The summed E-state index contributed by atoms with van der Waals surface area (Å²) in [5.41, 5.74) is 1.29. The second-order valence-corrected chi connectivity index (χ2v) is 5.60. The molecule has 134 valence electrons. The summed E-state index contributed by atoms with van der Waals surface area (Å²) < 4.78 is 45.1. The van der Waals surface area contributed by atoms with Crippen molar-refractivity contribution in [2.75, 3.05) is 6.54 Å².